The monoisotopic (exact) mass is 326 g/mol. The van der Waals surface area contributed by atoms with Crippen LogP contribution >= 0.6 is 0 Å². The number of carbonyl (C=O) groups excluding carboxylic acids is 2. The molecule has 0 aromatic carbocycles. The number of carbonyl (C=O) groups is 2. The number of piperidine rings is 1. The number of Topliss-reactive ketones (excluding diaryl/α,β-unsaturated/α-hetero) is 1. The molecule has 132 valence electrons. The van der Waals surface area contributed by atoms with E-state index in [2.05, 4.69) is 5.32 Å². The van der Waals surface area contributed by atoms with E-state index in [1.165, 1.54) is 0 Å². The number of ketones is 1. The molecule has 2 fully saturated rings. The molecule has 2 heterocycles. The summed E-state index contributed by atoms with van der Waals surface area (Å²) in [6.45, 7) is 10.4. The molecular weight excluding hydrogens is 296 g/mol. The molecule has 6 nitrogen and oxygen atoms in total. The summed E-state index contributed by atoms with van der Waals surface area (Å²) < 4.78 is 10.8. The zero-order valence-electron chi connectivity index (χ0n) is 14.8. The van der Waals surface area contributed by atoms with Gasteiger partial charge in [-0.25, -0.2) is 4.79 Å². The number of ether oxygens (including phenoxy) is 2. The van der Waals surface area contributed by atoms with Crippen molar-refractivity contribution in [2.45, 2.75) is 58.6 Å². The summed E-state index contributed by atoms with van der Waals surface area (Å²) >= 11 is 0. The van der Waals surface area contributed by atoms with Gasteiger partial charge in [0, 0.05) is 13.2 Å². The lowest BCUT2D eigenvalue weighted by Crippen LogP contribution is -2.45. The number of hydrogen-bond donors (Lipinski definition) is 1. The fourth-order valence-electron chi connectivity index (χ4n) is 3.47. The van der Waals surface area contributed by atoms with Gasteiger partial charge >= 0.3 is 6.09 Å². The minimum absolute atomic E-state index is 0.0203. The quantitative estimate of drug-likeness (QED) is 0.855. The van der Waals surface area contributed by atoms with Crippen molar-refractivity contribution in [3.05, 3.63) is 0 Å². The molecule has 1 N–H and O–H groups in total. The fourth-order valence-corrected chi connectivity index (χ4v) is 3.47. The summed E-state index contributed by atoms with van der Waals surface area (Å²) in [5.41, 5.74) is -0.525. The van der Waals surface area contributed by atoms with Crippen LogP contribution in [0.1, 0.15) is 47.0 Å². The molecule has 0 aromatic rings. The van der Waals surface area contributed by atoms with Crippen LogP contribution in [0, 0.1) is 5.41 Å². The zero-order chi connectivity index (χ0) is 17.1. The number of nitrogens with one attached hydrogen (secondary N) is 1. The molecule has 23 heavy (non-hydrogen) atoms. The minimum atomic E-state index is -0.561. The van der Waals surface area contributed by atoms with Crippen molar-refractivity contribution < 1.29 is 19.1 Å². The van der Waals surface area contributed by atoms with Crippen LogP contribution in [0.15, 0.2) is 0 Å². The van der Waals surface area contributed by atoms with E-state index in [0.717, 1.165) is 32.4 Å². The fraction of sp³-hybridized carbons (Fsp3) is 0.882. The van der Waals surface area contributed by atoms with Gasteiger partial charge in [-0.3, -0.25) is 9.69 Å². The third kappa shape index (κ3) is 4.67. The topological polar surface area (TPSA) is 67.9 Å². The van der Waals surface area contributed by atoms with Gasteiger partial charge in [0.15, 0.2) is 5.78 Å². The average molecular weight is 326 g/mol. The van der Waals surface area contributed by atoms with E-state index in [4.69, 9.17) is 9.47 Å². The van der Waals surface area contributed by atoms with Gasteiger partial charge in [-0.15, -0.1) is 0 Å². The summed E-state index contributed by atoms with van der Waals surface area (Å²) in [5, 5.41) is 3.35. The Morgan fingerprint density at radius 3 is 2.48 bits per heavy atom. The highest BCUT2D eigenvalue weighted by Crippen LogP contribution is 2.42. The van der Waals surface area contributed by atoms with E-state index in [0.29, 0.717) is 13.2 Å². The van der Waals surface area contributed by atoms with Gasteiger partial charge in [-0.1, -0.05) is 0 Å². The Bertz CT molecular complexity index is 438. The van der Waals surface area contributed by atoms with Crippen LogP contribution < -0.4 is 5.32 Å². The maximum Gasteiger partial charge on any atom is 0.410 e. The van der Waals surface area contributed by atoms with E-state index in [9.17, 15) is 9.59 Å². The molecule has 0 radical (unpaired) electrons. The van der Waals surface area contributed by atoms with Gasteiger partial charge in [0.05, 0.1) is 6.04 Å². The smallest absolute Gasteiger partial charge is 0.410 e. The van der Waals surface area contributed by atoms with E-state index >= 15 is 0 Å². The molecule has 0 bridgehead atoms. The Labute approximate surface area is 138 Å². The summed E-state index contributed by atoms with van der Waals surface area (Å²) in [7, 11) is 0. The molecule has 2 rings (SSSR count). The van der Waals surface area contributed by atoms with Crippen LogP contribution in [0.2, 0.25) is 0 Å². The molecule has 0 saturated carbocycles. The van der Waals surface area contributed by atoms with Crippen molar-refractivity contribution >= 4 is 11.9 Å². The van der Waals surface area contributed by atoms with Crippen molar-refractivity contribution in [2.75, 3.05) is 32.8 Å². The minimum Gasteiger partial charge on any atom is -0.444 e. The number of nitrogens with zero attached hydrogens (tertiary/aromatic N) is 1. The zero-order valence-corrected chi connectivity index (χ0v) is 14.8. The van der Waals surface area contributed by atoms with Crippen LogP contribution in [0.3, 0.4) is 0 Å². The van der Waals surface area contributed by atoms with Crippen LogP contribution in [-0.2, 0) is 14.3 Å². The van der Waals surface area contributed by atoms with Crippen molar-refractivity contribution in [3.63, 3.8) is 0 Å². The molecule has 2 aliphatic rings. The van der Waals surface area contributed by atoms with Crippen LogP contribution in [0.5, 0.6) is 0 Å². The highest BCUT2D eigenvalue weighted by Gasteiger charge is 2.49. The number of hydrogen-bond acceptors (Lipinski definition) is 5. The second-order valence-corrected chi connectivity index (χ2v) is 7.68. The largest absolute Gasteiger partial charge is 0.444 e. The number of rotatable bonds is 4. The Morgan fingerprint density at radius 1 is 1.26 bits per heavy atom. The lowest BCUT2D eigenvalue weighted by molar-refractivity contribution is -0.127. The third-order valence-corrected chi connectivity index (χ3v) is 4.62. The molecule has 0 aromatic heterocycles. The second kappa shape index (κ2) is 7.18. The molecule has 1 spiro atoms. The summed E-state index contributed by atoms with van der Waals surface area (Å²) in [6, 6.07) is -0.422. The first kappa shape index (κ1) is 18.2. The molecule has 1 amide bonds. The molecule has 0 aliphatic carbocycles. The number of likely N-dealkylation sites (tertiary alicyclic amines) is 1. The highest BCUT2D eigenvalue weighted by atomic mass is 16.6. The van der Waals surface area contributed by atoms with Crippen LogP contribution in [0.4, 0.5) is 4.79 Å². The van der Waals surface area contributed by atoms with Crippen molar-refractivity contribution in [1.82, 2.24) is 10.2 Å². The molecule has 1 unspecified atom stereocenters. The maximum atomic E-state index is 12.6. The SMILES string of the molecule is CCOCC(=O)C1CC2(CCNCC2)CN1C(=O)OC(C)(C)C. The van der Waals surface area contributed by atoms with E-state index in [1.807, 2.05) is 27.7 Å². The van der Waals surface area contributed by atoms with Gasteiger partial charge < -0.3 is 14.8 Å². The van der Waals surface area contributed by atoms with Crippen molar-refractivity contribution in [2.24, 2.45) is 5.41 Å². The summed E-state index contributed by atoms with van der Waals surface area (Å²) in [5.74, 6) is -0.0203. The molecule has 2 saturated heterocycles. The van der Waals surface area contributed by atoms with Crippen LogP contribution in [0.25, 0.3) is 0 Å². The predicted octanol–water partition coefficient (Wildman–Crippen LogP) is 1.97. The van der Waals surface area contributed by atoms with Gasteiger partial charge in [0.1, 0.15) is 12.2 Å². The summed E-state index contributed by atoms with van der Waals surface area (Å²) in [4.78, 5) is 26.7. The molecular formula is C17H30N2O4. The van der Waals surface area contributed by atoms with Crippen molar-refractivity contribution in [1.29, 1.82) is 0 Å². The molecule has 1 atom stereocenters. The lowest BCUT2D eigenvalue weighted by Gasteiger charge is -2.33. The van der Waals surface area contributed by atoms with Gasteiger partial charge in [-0.2, -0.15) is 0 Å². The van der Waals surface area contributed by atoms with Gasteiger partial charge in [-0.05, 0) is 65.5 Å². The Morgan fingerprint density at radius 2 is 1.91 bits per heavy atom. The first-order valence-corrected chi connectivity index (χ1v) is 8.57. The highest BCUT2D eigenvalue weighted by molar-refractivity contribution is 5.89. The Hall–Kier alpha value is -1.14. The molecule has 6 heteroatoms. The standard InChI is InChI=1S/C17H30N2O4/c1-5-22-11-14(20)13-10-17(6-8-18-9-7-17)12-19(13)15(21)23-16(2,3)4/h13,18H,5-12H2,1-4H3. The lowest BCUT2D eigenvalue weighted by atomic mass is 9.77. The Balaban J connectivity index is 2.13. The number of amides is 1. The van der Waals surface area contributed by atoms with Crippen molar-refractivity contribution in [3.8, 4) is 0 Å². The molecule has 2 aliphatic heterocycles. The van der Waals surface area contributed by atoms with E-state index < -0.39 is 11.6 Å². The van der Waals surface area contributed by atoms with E-state index in [-0.39, 0.29) is 23.9 Å². The first-order chi connectivity index (χ1) is 10.8. The Kier molecular flexibility index (Phi) is 5.68. The average Bonchev–Trinajstić information content (AvgIpc) is 2.83. The maximum absolute atomic E-state index is 12.6. The predicted molar refractivity (Wildman–Crippen MR) is 87.4 cm³/mol. The first-order valence-electron chi connectivity index (χ1n) is 8.57. The summed E-state index contributed by atoms with van der Waals surface area (Å²) in [6.07, 6.45) is 2.32. The third-order valence-electron chi connectivity index (χ3n) is 4.62. The normalized spacial score (nSPS) is 24.0. The van der Waals surface area contributed by atoms with Gasteiger partial charge in [0.2, 0.25) is 0 Å². The second-order valence-electron chi connectivity index (χ2n) is 7.68. The van der Waals surface area contributed by atoms with E-state index in [1.54, 1.807) is 4.90 Å². The van der Waals surface area contributed by atoms with Gasteiger partial charge in [0.25, 0.3) is 0 Å². The van der Waals surface area contributed by atoms with Crippen LogP contribution in [-0.4, -0.2) is 61.3 Å².